The quantitative estimate of drug-likeness (QED) is 0.649. The van der Waals surface area contributed by atoms with E-state index in [0.29, 0.717) is 11.8 Å². The Labute approximate surface area is 144 Å². The summed E-state index contributed by atoms with van der Waals surface area (Å²) in [5.41, 5.74) is 4.94. The van der Waals surface area contributed by atoms with Crippen LogP contribution in [0.5, 0.6) is 0 Å². The Hall–Kier alpha value is -2.42. The van der Waals surface area contributed by atoms with Gasteiger partial charge in [-0.05, 0) is 36.0 Å². The molecule has 0 atom stereocenters. The van der Waals surface area contributed by atoms with Crippen molar-refractivity contribution in [1.29, 1.82) is 0 Å². The predicted molar refractivity (Wildman–Crippen MR) is 96.8 cm³/mol. The maximum Gasteiger partial charge on any atom is 0.314 e. The minimum atomic E-state index is 0.458. The van der Waals surface area contributed by atoms with Crippen molar-refractivity contribution in [2.45, 2.75) is 46.5 Å². The first-order valence-electron chi connectivity index (χ1n) is 8.57. The van der Waals surface area contributed by atoms with Gasteiger partial charge >= 0.3 is 6.33 Å². The molecule has 0 amide bonds. The first-order chi connectivity index (χ1) is 11.5. The number of aromatic nitrogens is 3. The maximum atomic E-state index is 4.58. The van der Waals surface area contributed by atoms with Crippen LogP contribution in [0.2, 0.25) is 0 Å². The minimum absolute atomic E-state index is 0.458. The molecular formula is C21H25N3+. The summed E-state index contributed by atoms with van der Waals surface area (Å²) < 4.78 is 4.06. The third-order valence-electron chi connectivity index (χ3n) is 4.28. The van der Waals surface area contributed by atoms with Gasteiger partial charge in [-0.15, -0.1) is 4.98 Å². The molecule has 3 nitrogen and oxygen atoms in total. The van der Waals surface area contributed by atoms with E-state index in [4.69, 9.17) is 0 Å². The Balaban J connectivity index is 2.13. The van der Waals surface area contributed by atoms with Crippen LogP contribution in [0.4, 0.5) is 0 Å². The summed E-state index contributed by atoms with van der Waals surface area (Å²) in [4.78, 5) is 4.58. The van der Waals surface area contributed by atoms with Crippen LogP contribution >= 0.6 is 0 Å². The molecule has 0 saturated carbocycles. The van der Waals surface area contributed by atoms with Crippen LogP contribution < -0.4 is 4.57 Å². The van der Waals surface area contributed by atoms with Gasteiger partial charge in [0.2, 0.25) is 0 Å². The molecule has 3 heteroatoms. The highest BCUT2D eigenvalue weighted by atomic mass is 15.2. The van der Waals surface area contributed by atoms with Gasteiger partial charge in [-0.25, -0.2) is 4.57 Å². The van der Waals surface area contributed by atoms with Crippen molar-refractivity contribution < 1.29 is 4.57 Å². The zero-order chi connectivity index (χ0) is 17.3. The largest absolute Gasteiger partial charge is 0.314 e. The molecule has 0 saturated heterocycles. The smallest absolute Gasteiger partial charge is 0.224 e. The molecule has 3 aromatic rings. The third kappa shape index (κ3) is 3.12. The zero-order valence-corrected chi connectivity index (χ0v) is 15.1. The van der Waals surface area contributed by atoms with Gasteiger partial charge in [-0.1, -0.05) is 52.0 Å². The van der Waals surface area contributed by atoms with Crippen LogP contribution in [0.3, 0.4) is 0 Å². The lowest BCUT2D eigenvalue weighted by Gasteiger charge is -2.17. The van der Waals surface area contributed by atoms with E-state index >= 15 is 0 Å². The van der Waals surface area contributed by atoms with Crippen LogP contribution in [-0.2, 0) is 0 Å². The molecule has 0 aliphatic rings. The molecule has 0 spiro atoms. The summed E-state index contributed by atoms with van der Waals surface area (Å²) in [6.45, 7) is 11.0. The molecule has 0 aliphatic heterocycles. The highest BCUT2D eigenvalue weighted by Crippen LogP contribution is 2.30. The van der Waals surface area contributed by atoms with Crippen LogP contribution in [0.15, 0.2) is 48.8 Å². The van der Waals surface area contributed by atoms with E-state index in [1.165, 1.54) is 16.8 Å². The third-order valence-corrected chi connectivity index (χ3v) is 4.28. The molecular weight excluding hydrogens is 294 g/mol. The van der Waals surface area contributed by atoms with Crippen molar-refractivity contribution in [3.63, 3.8) is 0 Å². The minimum Gasteiger partial charge on any atom is -0.224 e. The Kier molecular flexibility index (Phi) is 4.52. The van der Waals surface area contributed by atoms with Gasteiger partial charge in [0.25, 0.3) is 5.82 Å². The van der Waals surface area contributed by atoms with E-state index in [9.17, 15) is 0 Å². The Bertz CT molecular complexity index is 818. The van der Waals surface area contributed by atoms with Gasteiger partial charge in [0.1, 0.15) is 23.8 Å². The summed E-state index contributed by atoms with van der Waals surface area (Å²) in [6, 6.07) is 12.6. The van der Waals surface area contributed by atoms with Crippen LogP contribution in [0.25, 0.3) is 11.5 Å². The van der Waals surface area contributed by atoms with Crippen LogP contribution in [-0.4, -0.2) is 9.55 Å². The summed E-state index contributed by atoms with van der Waals surface area (Å²) in [7, 11) is 0. The Morgan fingerprint density at radius 2 is 1.58 bits per heavy atom. The number of para-hydroxylation sites is 1. The lowest BCUT2D eigenvalue weighted by Crippen LogP contribution is -2.30. The number of hydrogen-bond donors (Lipinski definition) is 0. The molecule has 2 aromatic heterocycles. The molecule has 0 fully saturated rings. The van der Waals surface area contributed by atoms with Crippen molar-refractivity contribution in [3.05, 3.63) is 71.9 Å². The average molecular weight is 319 g/mol. The first-order valence-corrected chi connectivity index (χ1v) is 8.57. The van der Waals surface area contributed by atoms with Gasteiger partial charge in [-0.2, -0.15) is 4.57 Å². The predicted octanol–water partition coefficient (Wildman–Crippen LogP) is 4.50. The number of aryl methyl sites for hydroxylation is 1. The molecule has 1 aromatic carbocycles. The highest BCUT2D eigenvalue weighted by molar-refractivity contribution is 5.50. The monoisotopic (exact) mass is 319 g/mol. The number of hydrogen-bond acceptors (Lipinski definition) is 1. The molecule has 0 N–H and O–H groups in total. The van der Waals surface area contributed by atoms with Gasteiger partial charge in [-0.3, -0.25) is 0 Å². The lowest BCUT2D eigenvalue weighted by molar-refractivity contribution is -0.603. The lowest BCUT2D eigenvalue weighted by atomic mass is 9.92. The zero-order valence-electron chi connectivity index (χ0n) is 15.1. The SMILES string of the molecule is Cc1cccc(-[n+]2[c]n(-c3c(C(C)C)cccc3C(C)C)cc2)n1. The molecule has 123 valence electrons. The molecule has 3 rings (SSSR count). The number of rotatable bonds is 4. The molecule has 24 heavy (non-hydrogen) atoms. The standard InChI is InChI=1S/C21H25N3/c1-15(2)18-9-7-10-19(16(3)4)21(18)24-13-12-23(14-24)20-11-6-8-17(5)22-20/h6-13,15-16H,1-5H3/q+1. The first kappa shape index (κ1) is 16.4. The normalized spacial score (nSPS) is 11.5. The van der Waals surface area contributed by atoms with Crippen molar-refractivity contribution in [1.82, 2.24) is 9.55 Å². The van der Waals surface area contributed by atoms with Gasteiger partial charge in [0.15, 0.2) is 0 Å². The van der Waals surface area contributed by atoms with Gasteiger partial charge in [0, 0.05) is 6.07 Å². The van der Waals surface area contributed by atoms with E-state index in [-0.39, 0.29) is 0 Å². The number of nitrogens with zero attached hydrogens (tertiary/aromatic N) is 3. The highest BCUT2D eigenvalue weighted by Gasteiger charge is 2.19. The average Bonchev–Trinajstić information content (AvgIpc) is 3.03. The molecule has 1 radical (unpaired) electrons. The fraction of sp³-hybridized carbons (Fsp3) is 0.333. The summed E-state index contributed by atoms with van der Waals surface area (Å²) in [5.74, 6) is 1.81. The second-order valence-electron chi connectivity index (χ2n) is 6.87. The van der Waals surface area contributed by atoms with E-state index in [0.717, 1.165) is 11.5 Å². The van der Waals surface area contributed by atoms with Crippen molar-refractivity contribution in [3.8, 4) is 11.5 Å². The van der Waals surface area contributed by atoms with Crippen molar-refractivity contribution in [2.75, 3.05) is 0 Å². The Morgan fingerprint density at radius 3 is 2.17 bits per heavy atom. The van der Waals surface area contributed by atoms with Gasteiger partial charge in [0.05, 0.1) is 0 Å². The summed E-state index contributed by atoms with van der Waals surface area (Å²) in [6.07, 6.45) is 7.52. The van der Waals surface area contributed by atoms with Crippen molar-refractivity contribution >= 4 is 0 Å². The maximum absolute atomic E-state index is 4.58. The van der Waals surface area contributed by atoms with E-state index in [2.05, 4.69) is 68.0 Å². The Morgan fingerprint density at radius 1 is 0.958 bits per heavy atom. The van der Waals surface area contributed by atoms with Crippen molar-refractivity contribution in [2.24, 2.45) is 0 Å². The summed E-state index contributed by atoms with van der Waals surface area (Å²) >= 11 is 0. The molecule has 0 aliphatic carbocycles. The second-order valence-corrected chi connectivity index (χ2v) is 6.87. The number of benzene rings is 1. The van der Waals surface area contributed by atoms with Gasteiger partial charge < -0.3 is 0 Å². The van der Waals surface area contributed by atoms with E-state index < -0.39 is 0 Å². The molecule has 2 heterocycles. The summed E-state index contributed by atoms with van der Waals surface area (Å²) in [5, 5.41) is 0. The van der Waals surface area contributed by atoms with E-state index in [1.807, 2.05) is 35.9 Å². The second kappa shape index (κ2) is 6.60. The van der Waals surface area contributed by atoms with E-state index in [1.54, 1.807) is 0 Å². The molecule has 0 unspecified atom stereocenters. The van der Waals surface area contributed by atoms with Crippen LogP contribution in [0, 0.1) is 13.3 Å². The number of pyridine rings is 1. The fourth-order valence-electron chi connectivity index (χ4n) is 3.02. The van der Waals surface area contributed by atoms with Crippen LogP contribution in [0.1, 0.15) is 56.4 Å². The topological polar surface area (TPSA) is 21.7 Å². The number of imidazole rings is 1. The molecule has 0 bridgehead atoms. The fourth-order valence-corrected chi connectivity index (χ4v) is 3.02.